The first kappa shape index (κ1) is 23.9. The molecule has 1 amide bonds. The zero-order valence-corrected chi connectivity index (χ0v) is 18.3. The molecule has 0 spiro atoms. The molecule has 166 valence electrons. The lowest BCUT2D eigenvalue weighted by atomic mass is 10.0. The summed E-state index contributed by atoms with van der Waals surface area (Å²) in [4.78, 5) is 36.6. The van der Waals surface area contributed by atoms with E-state index in [0.29, 0.717) is 5.56 Å². The van der Waals surface area contributed by atoms with Gasteiger partial charge in [0.15, 0.2) is 0 Å². The smallest absolute Gasteiger partial charge is 0.408 e. The van der Waals surface area contributed by atoms with Crippen molar-refractivity contribution in [1.82, 2.24) is 5.32 Å². The molecule has 0 heterocycles. The number of alkyl carbamates (subject to hydrolysis) is 1. The van der Waals surface area contributed by atoms with Gasteiger partial charge < -0.3 is 19.5 Å². The second-order valence-corrected chi connectivity index (χ2v) is 7.91. The highest BCUT2D eigenvalue weighted by Crippen LogP contribution is 2.12. The fraction of sp³-hybridized carbons (Fsp3) is 0.375. The second kappa shape index (κ2) is 11.2. The van der Waals surface area contributed by atoms with Gasteiger partial charge in [0.05, 0.1) is 12.2 Å². The van der Waals surface area contributed by atoms with E-state index in [1.807, 2.05) is 30.3 Å². The minimum atomic E-state index is -0.911. The van der Waals surface area contributed by atoms with Crippen molar-refractivity contribution in [3.05, 3.63) is 71.3 Å². The molecule has 0 aliphatic rings. The van der Waals surface area contributed by atoms with Crippen LogP contribution in [0.2, 0.25) is 0 Å². The SMILES string of the molecule is CCOC(=O)C(Cc1ccc(C(=O)OCc2ccccc2)cc1)NC(=O)OC(C)(C)C. The van der Waals surface area contributed by atoms with Gasteiger partial charge in [0.2, 0.25) is 0 Å². The van der Waals surface area contributed by atoms with E-state index >= 15 is 0 Å². The number of hydrogen-bond donors (Lipinski definition) is 1. The van der Waals surface area contributed by atoms with Crippen LogP contribution in [0.1, 0.15) is 49.2 Å². The van der Waals surface area contributed by atoms with Crippen molar-refractivity contribution in [2.45, 2.75) is 52.4 Å². The Bertz CT molecular complexity index is 871. The highest BCUT2D eigenvalue weighted by molar-refractivity contribution is 5.89. The van der Waals surface area contributed by atoms with E-state index in [1.165, 1.54) is 0 Å². The number of hydrogen-bond acceptors (Lipinski definition) is 6. The molecule has 1 unspecified atom stereocenters. The quantitative estimate of drug-likeness (QED) is 0.505. The lowest BCUT2D eigenvalue weighted by molar-refractivity contribution is -0.145. The summed E-state index contributed by atoms with van der Waals surface area (Å²) in [5, 5.41) is 2.56. The predicted molar refractivity (Wildman–Crippen MR) is 115 cm³/mol. The lowest BCUT2D eigenvalue weighted by Gasteiger charge is -2.23. The summed E-state index contributed by atoms with van der Waals surface area (Å²) in [5.41, 5.74) is 1.35. The number of ether oxygens (including phenoxy) is 3. The van der Waals surface area contributed by atoms with Gasteiger partial charge in [-0.1, -0.05) is 42.5 Å². The molecule has 2 aromatic rings. The summed E-state index contributed by atoms with van der Waals surface area (Å²) in [6.45, 7) is 7.28. The molecular weight excluding hydrogens is 398 g/mol. The van der Waals surface area contributed by atoms with E-state index < -0.39 is 29.7 Å². The second-order valence-electron chi connectivity index (χ2n) is 7.91. The van der Waals surface area contributed by atoms with Gasteiger partial charge >= 0.3 is 18.0 Å². The van der Waals surface area contributed by atoms with E-state index in [-0.39, 0.29) is 19.6 Å². The largest absolute Gasteiger partial charge is 0.464 e. The minimum absolute atomic E-state index is 0.187. The maximum Gasteiger partial charge on any atom is 0.408 e. The molecule has 0 fully saturated rings. The Morgan fingerprint density at radius 3 is 2.13 bits per heavy atom. The van der Waals surface area contributed by atoms with Crippen LogP contribution in [0.5, 0.6) is 0 Å². The van der Waals surface area contributed by atoms with Crippen LogP contribution in [0.4, 0.5) is 4.79 Å². The van der Waals surface area contributed by atoms with Crippen molar-refractivity contribution in [3.8, 4) is 0 Å². The highest BCUT2D eigenvalue weighted by atomic mass is 16.6. The first-order chi connectivity index (χ1) is 14.7. The molecule has 2 aromatic carbocycles. The van der Waals surface area contributed by atoms with Crippen LogP contribution in [0.15, 0.2) is 54.6 Å². The summed E-state index contributed by atoms with van der Waals surface area (Å²) in [6.07, 6.45) is -0.510. The summed E-state index contributed by atoms with van der Waals surface area (Å²) < 4.78 is 15.6. The zero-order valence-electron chi connectivity index (χ0n) is 18.3. The average molecular weight is 427 g/mol. The first-order valence-electron chi connectivity index (χ1n) is 10.1. The van der Waals surface area contributed by atoms with Crippen molar-refractivity contribution in [3.63, 3.8) is 0 Å². The molecule has 2 rings (SSSR count). The van der Waals surface area contributed by atoms with Gasteiger partial charge in [-0.2, -0.15) is 0 Å². The number of benzene rings is 2. The van der Waals surface area contributed by atoms with Gasteiger partial charge in [0, 0.05) is 6.42 Å². The third-order valence-corrected chi connectivity index (χ3v) is 4.10. The molecule has 0 bridgehead atoms. The summed E-state index contributed by atoms with van der Waals surface area (Å²) in [7, 11) is 0. The Kier molecular flexibility index (Phi) is 8.61. The maximum absolute atomic E-state index is 12.3. The van der Waals surface area contributed by atoms with Crippen LogP contribution < -0.4 is 5.32 Å². The summed E-state index contributed by atoms with van der Waals surface area (Å²) in [6, 6.07) is 15.2. The first-order valence-corrected chi connectivity index (χ1v) is 10.1. The Balaban J connectivity index is 2.00. The maximum atomic E-state index is 12.3. The Hall–Kier alpha value is -3.35. The van der Waals surface area contributed by atoms with Crippen molar-refractivity contribution in [1.29, 1.82) is 0 Å². The Morgan fingerprint density at radius 2 is 1.55 bits per heavy atom. The molecular formula is C24H29NO6. The van der Waals surface area contributed by atoms with Crippen molar-refractivity contribution in [2.24, 2.45) is 0 Å². The number of amides is 1. The van der Waals surface area contributed by atoms with Crippen LogP contribution in [0.3, 0.4) is 0 Å². The molecule has 0 radical (unpaired) electrons. The van der Waals surface area contributed by atoms with E-state index in [0.717, 1.165) is 11.1 Å². The molecule has 0 aromatic heterocycles. The number of rotatable bonds is 8. The fourth-order valence-electron chi connectivity index (χ4n) is 2.71. The van der Waals surface area contributed by atoms with Gasteiger partial charge in [-0.05, 0) is 51.0 Å². The minimum Gasteiger partial charge on any atom is -0.464 e. The molecule has 7 heteroatoms. The van der Waals surface area contributed by atoms with Crippen molar-refractivity contribution in [2.75, 3.05) is 6.61 Å². The number of nitrogens with one attached hydrogen (secondary N) is 1. The van der Waals surface area contributed by atoms with Crippen LogP contribution in [-0.4, -0.2) is 36.3 Å². The summed E-state index contributed by atoms with van der Waals surface area (Å²) >= 11 is 0. The van der Waals surface area contributed by atoms with Gasteiger partial charge in [0.25, 0.3) is 0 Å². The number of carbonyl (C=O) groups is 3. The number of carbonyl (C=O) groups excluding carboxylic acids is 3. The zero-order chi connectivity index (χ0) is 22.9. The third kappa shape index (κ3) is 8.50. The predicted octanol–water partition coefficient (Wildman–Crippen LogP) is 4.04. The lowest BCUT2D eigenvalue weighted by Crippen LogP contribution is -2.45. The van der Waals surface area contributed by atoms with Crippen LogP contribution in [0.25, 0.3) is 0 Å². The topological polar surface area (TPSA) is 90.9 Å². The molecule has 0 saturated heterocycles. The molecule has 1 N–H and O–H groups in total. The normalized spacial score (nSPS) is 11.9. The monoisotopic (exact) mass is 427 g/mol. The van der Waals surface area contributed by atoms with Crippen molar-refractivity contribution < 1.29 is 28.6 Å². The van der Waals surface area contributed by atoms with Crippen LogP contribution in [0, 0.1) is 0 Å². The molecule has 1 atom stereocenters. The molecule has 7 nitrogen and oxygen atoms in total. The standard InChI is InChI=1S/C24H29NO6/c1-5-29-22(27)20(25-23(28)31-24(2,3)4)15-17-11-13-19(14-12-17)21(26)30-16-18-9-7-6-8-10-18/h6-14,20H,5,15-16H2,1-4H3,(H,25,28). The average Bonchev–Trinajstić information content (AvgIpc) is 2.71. The molecule has 31 heavy (non-hydrogen) atoms. The third-order valence-electron chi connectivity index (χ3n) is 4.10. The van der Waals surface area contributed by atoms with Crippen molar-refractivity contribution >= 4 is 18.0 Å². The Labute approximate surface area is 182 Å². The highest BCUT2D eigenvalue weighted by Gasteiger charge is 2.25. The van der Waals surface area contributed by atoms with E-state index in [4.69, 9.17) is 14.2 Å². The van der Waals surface area contributed by atoms with Gasteiger partial charge in [-0.3, -0.25) is 0 Å². The van der Waals surface area contributed by atoms with Crippen LogP contribution >= 0.6 is 0 Å². The van der Waals surface area contributed by atoms with Gasteiger partial charge in [-0.25, -0.2) is 14.4 Å². The molecule has 0 saturated carbocycles. The van der Waals surface area contributed by atoms with Crippen LogP contribution in [-0.2, 0) is 32.0 Å². The molecule has 0 aliphatic heterocycles. The van der Waals surface area contributed by atoms with E-state index in [1.54, 1.807) is 52.0 Å². The number of esters is 2. The van der Waals surface area contributed by atoms with Gasteiger partial charge in [-0.15, -0.1) is 0 Å². The molecule has 0 aliphatic carbocycles. The van der Waals surface area contributed by atoms with E-state index in [2.05, 4.69) is 5.32 Å². The Morgan fingerprint density at radius 1 is 0.903 bits per heavy atom. The fourth-order valence-corrected chi connectivity index (χ4v) is 2.71. The van der Waals surface area contributed by atoms with Gasteiger partial charge in [0.1, 0.15) is 18.2 Å². The van der Waals surface area contributed by atoms with E-state index in [9.17, 15) is 14.4 Å². The summed E-state index contributed by atoms with van der Waals surface area (Å²) in [5.74, 6) is -0.996.